The molecule has 0 bridgehead atoms. The van der Waals surface area contributed by atoms with Crippen LogP contribution in [-0.4, -0.2) is 44.4 Å². The Morgan fingerprint density at radius 2 is 2.05 bits per heavy atom. The summed E-state index contributed by atoms with van der Waals surface area (Å²) in [6, 6.07) is 7.61. The summed E-state index contributed by atoms with van der Waals surface area (Å²) in [5.74, 6) is 0.955. The lowest BCUT2D eigenvalue weighted by Gasteiger charge is -2.37. The molecule has 0 unspecified atom stereocenters. The highest BCUT2D eigenvalue weighted by molar-refractivity contribution is 8.00. The van der Waals surface area contributed by atoms with Crippen molar-refractivity contribution in [2.75, 3.05) is 18.8 Å². The number of carbonyl (C=O) groups excluding carboxylic acids is 1. The minimum absolute atomic E-state index is 0.0170. The van der Waals surface area contributed by atoms with E-state index in [4.69, 9.17) is 0 Å². The van der Waals surface area contributed by atoms with Gasteiger partial charge in [0.25, 0.3) is 5.91 Å². The van der Waals surface area contributed by atoms with Crippen molar-refractivity contribution in [1.29, 1.82) is 0 Å². The van der Waals surface area contributed by atoms with Crippen LogP contribution >= 0.6 is 11.8 Å². The molecule has 1 saturated heterocycles. The third-order valence-corrected chi connectivity index (χ3v) is 4.68. The molecule has 0 atom stereocenters. The van der Waals surface area contributed by atoms with Gasteiger partial charge in [-0.3, -0.25) is 9.78 Å². The van der Waals surface area contributed by atoms with Crippen LogP contribution in [0, 0.1) is 0 Å². The number of thioether (sulfide) groups is 1. The summed E-state index contributed by atoms with van der Waals surface area (Å²) < 4.78 is 0.109. The molecular formula is C15H17N3OS. The lowest BCUT2D eigenvalue weighted by atomic mass is 10.1. The Hall–Kier alpha value is -1.62. The SMILES string of the molecule is CC1(C)CN(C(=O)c2cnc3ccccc3n2)CCS1. The number of fused-ring (bicyclic) bond motifs is 1. The molecule has 1 fully saturated rings. The highest BCUT2D eigenvalue weighted by atomic mass is 32.2. The lowest BCUT2D eigenvalue weighted by molar-refractivity contribution is 0.0742. The minimum Gasteiger partial charge on any atom is -0.335 e. The summed E-state index contributed by atoms with van der Waals surface area (Å²) in [4.78, 5) is 23.2. The number of carbonyl (C=O) groups is 1. The number of hydrogen-bond donors (Lipinski definition) is 0. The summed E-state index contributed by atoms with van der Waals surface area (Å²) >= 11 is 1.91. The standard InChI is InChI=1S/C15H17N3OS/c1-15(2)10-18(7-8-20-15)14(19)13-9-16-11-5-3-4-6-12(11)17-13/h3-6,9H,7-8,10H2,1-2H3. The van der Waals surface area contributed by atoms with Gasteiger partial charge in [-0.25, -0.2) is 4.98 Å². The van der Waals surface area contributed by atoms with Crippen LogP contribution in [0.2, 0.25) is 0 Å². The zero-order valence-corrected chi connectivity index (χ0v) is 12.5. The molecule has 3 rings (SSSR count). The first kappa shape index (κ1) is 13.4. The van der Waals surface area contributed by atoms with Crippen molar-refractivity contribution >= 4 is 28.7 Å². The fourth-order valence-electron chi connectivity index (χ4n) is 2.41. The number of para-hydroxylation sites is 2. The smallest absolute Gasteiger partial charge is 0.274 e. The quantitative estimate of drug-likeness (QED) is 0.809. The van der Waals surface area contributed by atoms with Crippen LogP contribution < -0.4 is 0 Å². The van der Waals surface area contributed by atoms with Crippen molar-refractivity contribution < 1.29 is 4.79 Å². The van der Waals surface area contributed by atoms with Gasteiger partial charge in [0.1, 0.15) is 5.69 Å². The van der Waals surface area contributed by atoms with Gasteiger partial charge in [0.2, 0.25) is 0 Å². The number of amides is 1. The highest BCUT2D eigenvalue weighted by Gasteiger charge is 2.30. The van der Waals surface area contributed by atoms with E-state index in [9.17, 15) is 4.79 Å². The molecule has 1 aromatic heterocycles. The van der Waals surface area contributed by atoms with Gasteiger partial charge in [-0.2, -0.15) is 11.8 Å². The number of benzene rings is 1. The van der Waals surface area contributed by atoms with Crippen LogP contribution in [0.15, 0.2) is 30.5 Å². The molecule has 4 nitrogen and oxygen atoms in total. The predicted molar refractivity (Wildman–Crippen MR) is 82.0 cm³/mol. The molecule has 0 saturated carbocycles. The second kappa shape index (κ2) is 5.05. The van der Waals surface area contributed by atoms with Gasteiger partial charge < -0.3 is 4.90 Å². The maximum atomic E-state index is 12.5. The van der Waals surface area contributed by atoms with Crippen LogP contribution in [0.1, 0.15) is 24.3 Å². The van der Waals surface area contributed by atoms with Gasteiger partial charge in [0.15, 0.2) is 0 Å². The average Bonchev–Trinajstić information content (AvgIpc) is 2.45. The van der Waals surface area contributed by atoms with Crippen molar-refractivity contribution in [3.63, 3.8) is 0 Å². The van der Waals surface area contributed by atoms with E-state index in [1.54, 1.807) is 6.20 Å². The fraction of sp³-hybridized carbons (Fsp3) is 0.400. The van der Waals surface area contributed by atoms with Crippen molar-refractivity contribution in [1.82, 2.24) is 14.9 Å². The highest BCUT2D eigenvalue weighted by Crippen LogP contribution is 2.30. The monoisotopic (exact) mass is 287 g/mol. The molecule has 1 aromatic carbocycles. The fourth-order valence-corrected chi connectivity index (χ4v) is 3.52. The number of rotatable bonds is 1. The molecular weight excluding hydrogens is 270 g/mol. The normalized spacial score (nSPS) is 18.2. The number of hydrogen-bond acceptors (Lipinski definition) is 4. The summed E-state index contributed by atoms with van der Waals surface area (Å²) in [5, 5.41) is 0. The Bertz CT molecular complexity index is 656. The van der Waals surface area contributed by atoms with Crippen molar-refractivity contribution in [2.24, 2.45) is 0 Å². The largest absolute Gasteiger partial charge is 0.335 e. The second-order valence-corrected chi connectivity index (χ2v) is 7.38. The van der Waals surface area contributed by atoms with Crippen LogP contribution in [0.25, 0.3) is 11.0 Å². The van der Waals surface area contributed by atoms with E-state index in [0.29, 0.717) is 5.69 Å². The molecule has 1 aliphatic heterocycles. The zero-order valence-electron chi connectivity index (χ0n) is 11.7. The summed E-state index contributed by atoms with van der Waals surface area (Å²) in [6.45, 7) is 5.87. The average molecular weight is 287 g/mol. The van der Waals surface area contributed by atoms with E-state index >= 15 is 0 Å². The van der Waals surface area contributed by atoms with Gasteiger partial charge in [-0.15, -0.1) is 0 Å². The zero-order chi connectivity index (χ0) is 14.2. The van der Waals surface area contributed by atoms with E-state index < -0.39 is 0 Å². The maximum absolute atomic E-state index is 12.5. The first-order valence-electron chi connectivity index (χ1n) is 6.70. The van der Waals surface area contributed by atoms with Crippen LogP contribution in [0.4, 0.5) is 0 Å². The Kier molecular flexibility index (Phi) is 3.38. The Balaban J connectivity index is 1.88. The Morgan fingerprint density at radius 3 is 2.80 bits per heavy atom. The molecule has 0 radical (unpaired) electrons. The third kappa shape index (κ3) is 2.63. The van der Waals surface area contributed by atoms with Crippen LogP contribution in [0.3, 0.4) is 0 Å². The minimum atomic E-state index is -0.0170. The van der Waals surface area contributed by atoms with E-state index in [-0.39, 0.29) is 10.7 Å². The third-order valence-electron chi connectivity index (χ3n) is 3.38. The van der Waals surface area contributed by atoms with Crippen LogP contribution in [0.5, 0.6) is 0 Å². The van der Waals surface area contributed by atoms with Crippen molar-refractivity contribution in [3.8, 4) is 0 Å². The van der Waals surface area contributed by atoms with E-state index in [1.165, 1.54) is 0 Å². The van der Waals surface area contributed by atoms with Gasteiger partial charge in [0.05, 0.1) is 17.2 Å². The number of nitrogens with zero attached hydrogens (tertiary/aromatic N) is 3. The topological polar surface area (TPSA) is 46.1 Å². The lowest BCUT2D eigenvalue weighted by Crippen LogP contribution is -2.46. The number of aromatic nitrogens is 2. The predicted octanol–water partition coefficient (Wildman–Crippen LogP) is 2.60. The summed E-state index contributed by atoms with van der Waals surface area (Å²) in [5.41, 5.74) is 2.02. The summed E-state index contributed by atoms with van der Waals surface area (Å²) in [6.07, 6.45) is 1.58. The molecule has 2 aromatic rings. The molecule has 0 N–H and O–H groups in total. The van der Waals surface area contributed by atoms with Gasteiger partial charge >= 0.3 is 0 Å². The van der Waals surface area contributed by atoms with Gasteiger partial charge in [-0.1, -0.05) is 12.1 Å². The molecule has 1 amide bonds. The first-order valence-corrected chi connectivity index (χ1v) is 7.69. The molecule has 2 heterocycles. The van der Waals surface area contributed by atoms with Crippen molar-refractivity contribution in [3.05, 3.63) is 36.2 Å². The molecule has 0 aliphatic carbocycles. The second-order valence-electron chi connectivity index (χ2n) is 5.58. The Labute approximate surface area is 122 Å². The molecule has 0 spiro atoms. The van der Waals surface area contributed by atoms with Crippen molar-refractivity contribution in [2.45, 2.75) is 18.6 Å². The van der Waals surface area contributed by atoms with E-state index in [0.717, 1.165) is 29.9 Å². The Morgan fingerprint density at radius 1 is 1.30 bits per heavy atom. The van der Waals surface area contributed by atoms with Crippen LogP contribution in [-0.2, 0) is 0 Å². The maximum Gasteiger partial charge on any atom is 0.274 e. The molecule has 1 aliphatic rings. The summed E-state index contributed by atoms with van der Waals surface area (Å²) in [7, 11) is 0. The molecule has 20 heavy (non-hydrogen) atoms. The van der Waals surface area contributed by atoms with Gasteiger partial charge in [-0.05, 0) is 26.0 Å². The first-order chi connectivity index (χ1) is 9.55. The molecule has 5 heteroatoms. The molecule has 104 valence electrons. The van der Waals surface area contributed by atoms with E-state index in [1.807, 2.05) is 40.9 Å². The van der Waals surface area contributed by atoms with Gasteiger partial charge in [0, 0.05) is 23.6 Å². The van der Waals surface area contributed by atoms with E-state index in [2.05, 4.69) is 23.8 Å².